The molecule has 0 unspecified atom stereocenters. The molecular weight excluding hydrogens is 453 g/mol. The Morgan fingerprint density at radius 2 is 1.93 bits per heavy atom. The Labute approximate surface area is 180 Å². The summed E-state index contributed by atoms with van der Waals surface area (Å²) in [5, 5.41) is 9.39. The van der Waals surface area contributed by atoms with Crippen molar-refractivity contribution < 1.29 is 4.79 Å². The lowest BCUT2D eigenvalue weighted by molar-refractivity contribution is 0.0963. The number of piperidine rings is 1. The highest BCUT2D eigenvalue weighted by atomic mass is 127. The summed E-state index contributed by atoms with van der Waals surface area (Å²) in [7, 11) is 3.45. The van der Waals surface area contributed by atoms with E-state index in [1.165, 1.54) is 25.9 Å². The molecule has 1 amide bonds. The third-order valence-corrected chi connectivity index (χ3v) is 4.94. The van der Waals surface area contributed by atoms with Gasteiger partial charge in [-0.15, -0.1) is 24.0 Å². The molecular formula is C20H34IN5O. The summed E-state index contributed by atoms with van der Waals surface area (Å²) in [6, 6.07) is 7.74. The number of nitrogens with one attached hydrogen (secondary N) is 3. The van der Waals surface area contributed by atoms with Crippen molar-refractivity contribution >= 4 is 35.8 Å². The van der Waals surface area contributed by atoms with E-state index >= 15 is 0 Å². The Morgan fingerprint density at radius 3 is 2.59 bits per heavy atom. The zero-order chi connectivity index (χ0) is 18.8. The number of guanidine groups is 1. The summed E-state index contributed by atoms with van der Waals surface area (Å²) in [6.45, 7) is 7.48. The van der Waals surface area contributed by atoms with Gasteiger partial charge in [-0.2, -0.15) is 0 Å². The van der Waals surface area contributed by atoms with Gasteiger partial charge in [0.15, 0.2) is 5.96 Å². The standard InChI is InChI=1S/C20H33N5O.HI/c1-16-8-12-25(13-9-16)14-11-24-20(22-3)23-10-7-17-5-4-6-18(15-17)19(26)21-2;/h4-6,15-16H,7-14H2,1-3H3,(H,21,26)(H2,22,23,24);1H. The van der Waals surface area contributed by atoms with Gasteiger partial charge >= 0.3 is 0 Å². The van der Waals surface area contributed by atoms with Gasteiger partial charge in [-0.3, -0.25) is 9.79 Å². The van der Waals surface area contributed by atoms with Crippen molar-refractivity contribution in [2.45, 2.75) is 26.2 Å². The van der Waals surface area contributed by atoms with Crippen LogP contribution in [0.1, 0.15) is 35.7 Å². The van der Waals surface area contributed by atoms with Crippen LogP contribution >= 0.6 is 24.0 Å². The maximum atomic E-state index is 11.7. The smallest absolute Gasteiger partial charge is 0.251 e. The average molecular weight is 487 g/mol. The SMILES string of the molecule is CN=C(NCCc1cccc(C(=O)NC)c1)NCCN1CCC(C)CC1.I. The number of hydrogen-bond acceptors (Lipinski definition) is 3. The first-order valence-corrected chi connectivity index (χ1v) is 9.60. The third-order valence-electron chi connectivity index (χ3n) is 4.94. The molecule has 1 aliphatic rings. The lowest BCUT2D eigenvalue weighted by Gasteiger charge is -2.30. The molecule has 0 bridgehead atoms. The number of hydrogen-bond donors (Lipinski definition) is 3. The summed E-state index contributed by atoms with van der Waals surface area (Å²) in [6.07, 6.45) is 3.46. The molecule has 0 aliphatic carbocycles. The first-order valence-electron chi connectivity index (χ1n) is 9.60. The predicted octanol–water partition coefficient (Wildman–Crippen LogP) is 2.10. The number of rotatable bonds is 7. The second-order valence-electron chi connectivity index (χ2n) is 6.98. The Bertz CT molecular complexity index is 600. The van der Waals surface area contributed by atoms with E-state index in [0.29, 0.717) is 5.56 Å². The third kappa shape index (κ3) is 8.47. The van der Waals surface area contributed by atoms with Gasteiger partial charge in [-0.25, -0.2) is 0 Å². The molecule has 0 aromatic heterocycles. The number of aliphatic imine (C=N–C) groups is 1. The number of halogens is 1. The van der Waals surface area contributed by atoms with E-state index in [1.807, 2.05) is 24.3 Å². The van der Waals surface area contributed by atoms with Crippen molar-refractivity contribution in [3.05, 3.63) is 35.4 Å². The summed E-state index contributed by atoms with van der Waals surface area (Å²) in [5.74, 6) is 1.65. The van der Waals surface area contributed by atoms with Gasteiger partial charge in [0, 0.05) is 39.3 Å². The zero-order valence-electron chi connectivity index (χ0n) is 16.8. The van der Waals surface area contributed by atoms with Gasteiger partial charge in [-0.1, -0.05) is 19.1 Å². The minimum atomic E-state index is -0.0515. The van der Waals surface area contributed by atoms with Crippen molar-refractivity contribution in [2.24, 2.45) is 10.9 Å². The van der Waals surface area contributed by atoms with Crippen LogP contribution in [0, 0.1) is 5.92 Å². The summed E-state index contributed by atoms with van der Waals surface area (Å²) < 4.78 is 0. The molecule has 0 radical (unpaired) electrons. The molecule has 152 valence electrons. The van der Waals surface area contributed by atoms with Crippen molar-refractivity contribution in [1.29, 1.82) is 0 Å². The quantitative estimate of drug-likeness (QED) is 0.313. The van der Waals surface area contributed by atoms with Crippen molar-refractivity contribution in [3.8, 4) is 0 Å². The number of carbonyl (C=O) groups is 1. The Kier molecular flexibility index (Phi) is 11.3. The molecule has 3 N–H and O–H groups in total. The fourth-order valence-corrected chi connectivity index (χ4v) is 3.18. The van der Waals surface area contributed by atoms with E-state index in [2.05, 4.69) is 32.8 Å². The van der Waals surface area contributed by atoms with Gasteiger partial charge in [0.05, 0.1) is 0 Å². The van der Waals surface area contributed by atoms with E-state index in [-0.39, 0.29) is 29.9 Å². The fourth-order valence-electron chi connectivity index (χ4n) is 3.18. The van der Waals surface area contributed by atoms with E-state index in [4.69, 9.17) is 0 Å². The predicted molar refractivity (Wildman–Crippen MR) is 123 cm³/mol. The lowest BCUT2D eigenvalue weighted by Crippen LogP contribution is -2.43. The van der Waals surface area contributed by atoms with Crippen molar-refractivity contribution in [1.82, 2.24) is 20.9 Å². The van der Waals surface area contributed by atoms with Crippen molar-refractivity contribution in [3.63, 3.8) is 0 Å². The van der Waals surface area contributed by atoms with Gasteiger partial charge in [0.1, 0.15) is 0 Å². The largest absolute Gasteiger partial charge is 0.356 e. The highest BCUT2D eigenvalue weighted by Crippen LogP contribution is 2.15. The zero-order valence-corrected chi connectivity index (χ0v) is 19.1. The molecule has 1 aromatic carbocycles. The van der Waals surface area contributed by atoms with Crippen LogP contribution in [0.4, 0.5) is 0 Å². The molecule has 27 heavy (non-hydrogen) atoms. The van der Waals surface area contributed by atoms with E-state index in [0.717, 1.165) is 43.5 Å². The minimum absolute atomic E-state index is 0. The lowest BCUT2D eigenvalue weighted by atomic mass is 9.99. The number of likely N-dealkylation sites (tertiary alicyclic amines) is 1. The number of amides is 1. The van der Waals surface area contributed by atoms with Crippen LogP contribution in [0.3, 0.4) is 0 Å². The van der Waals surface area contributed by atoms with Crippen LogP contribution in [-0.4, -0.2) is 63.6 Å². The van der Waals surface area contributed by atoms with Crippen LogP contribution in [-0.2, 0) is 6.42 Å². The normalized spacial score (nSPS) is 15.7. The summed E-state index contributed by atoms with van der Waals surface area (Å²) in [5.41, 5.74) is 1.83. The molecule has 1 heterocycles. The Balaban J connectivity index is 0.00000364. The maximum Gasteiger partial charge on any atom is 0.251 e. The van der Waals surface area contributed by atoms with E-state index in [1.54, 1.807) is 14.1 Å². The first kappa shape index (κ1) is 23.7. The fraction of sp³-hybridized carbons (Fsp3) is 0.600. The second kappa shape index (κ2) is 12.9. The second-order valence-corrected chi connectivity index (χ2v) is 6.98. The minimum Gasteiger partial charge on any atom is -0.356 e. The highest BCUT2D eigenvalue weighted by molar-refractivity contribution is 14.0. The molecule has 6 nitrogen and oxygen atoms in total. The van der Waals surface area contributed by atoms with E-state index < -0.39 is 0 Å². The molecule has 1 aliphatic heterocycles. The molecule has 7 heteroatoms. The van der Waals surface area contributed by atoms with Crippen LogP contribution in [0.25, 0.3) is 0 Å². The molecule has 1 aromatic rings. The monoisotopic (exact) mass is 487 g/mol. The first-order chi connectivity index (χ1) is 12.6. The number of nitrogens with zero attached hydrogens (tertiary/aromatic N) is 2. The summed E-state index contributed by atoms with van der Waals surface area (Å²) in [4.78, 5) is 18.5. The van der Waals surface area contributed by atoms with Gasteiger partial charge in [0.2, 0.25) is 0 Å². The maximum absolute atomic E-state index is 11.7. The summed E-state index contributed by atoms with van der Waals surface area (Å²) >= 11 is 0. The van der Waals surface area contributed by atoms with E-state index in [9.17, 15) is 4.79 Å². The molecule has 2 rings (SSSR count). The molecule has 1 saturated heterocycles. The van der Waals surface area contributed by atoms with Crippen molar-refractivity contribution in [2.75, 3.05) is 46.8 Å². The Morgan fingerprint density at radius 1 is 1.22 bits per heavy atom. The molecule has 1 fully saturated rings. The Hall–Kier alpha value is -1.35. The number of carbonyl (C=O) groups excluding carboxylic acids is 1. The van der Waals surface area contributed by atoms with Crippen LogP contribution in [0.2, 0.25) is 0 Å². The average Bonchev–Trinajstić information content (AvgIpc) is 2.67. The van der Waals surface area contributed by atoms with Gasteiger partial charge in [0.25, 0.3) is 5.91 Å². The van der Waals surface area contributed by atoms with Crippen LogP contribution < -0.4 is 16.0 Å². The highest BCUT2D eigenvalue weighted by Gasteiger charge is 2.14. The molecule has 0 atom stereocenters. The molecule has 0 spiro atoms. The van der Waals surface area contributed by atoms with Gasteiger partial charge < -0.3 is 20.9 Å². The van der Waals surface area contributed by atoms with Crippen LogP contribution in [0.5, 0.6) is 0 Å². The van der Waals surface area contributed by atoms with Gasteiger partial charge in [-0.05, 0) is 56.0 Å². The topological polar surface area (TPSA) is 68.8 Å². The number of benzene rings is 1. The van der Waals surface area contributed by atoms with Crippen LogP contribution in [0.15, 0.2) is 29.3 Å². The molecule has 0 saturated carbocycles.